The molecule has 4 N–H and O–H groups in total. The van der Waals surface area contributed by atoms with Crippen molar-refractivity contribution in [1.82, 2.24) is 4.98 Å². The molecule has 0 aliphatic carbocycles. The number of hydrogen-bond donors (Lipinski definition) is 4. The summed E-state index contributed by atoms with van der Waals surface area (Å²) in [6, 6.07) is 89.4. The third-order valence-corrected chi connectivity index (χ3v) is 24.3. The van der Waals surface area contributed by atoms with Crippen LogP contribution >= 0.6 is 0 Å². The van der Waals surface area contributed by atoms with Gasteiger partial charge in [0.15, 0.2) is 21.7 Å². The molecule has 5 heterocycles. The van der Waals surface area contributed by atoms with Crippen molar-refractivity contribution in [2.24, 2.45) is 0 Å². The van der Waals surface area contributed by atoms with Crippen LogP contribution in [0, 0.1) is 23.3 Å². The normalized spacial score (nSPS) is 11.5. The molecular formula is C118H97F4NO16. The van der Waals surface area contributed by atoms with Crippen molar-refractivity contribution in [1.29, 1.82) is 0 Å². The van der Waals surface area contributed by atoms with Crippen molar-refractivity contribution in [2.45, 2.75) is 125 Å². The monoisotopic (exact) mass is 1860 g/mol. The molecule has 20 rings (SSSR count). The number of para-hydroxylation sites is 1. The number of hydrogen-bond acceptors (Lipinski definition) is 17. The predicted octanol–water partition coefficient (Wildman–Crippen LogP) is 27.4. The number of fused-ring (bicyclic) bond motifs is 8. The summed E-state index contributed by atoms with van der Waals surface area (Å²) in [5.41, 5.74) is 7.33. The zero-order chi connectivity index (χ0) is 97.4. The molecule has 0 saturated carbocycles. The Morgan fingerprint density at radius 1 is 0.288 bits per heavy atom. The molecule has 139 heavy (non-hydrogen) atoms. The maximum atomic E-state index is 15.3. The number of aliphatic hydroxyl groups excluding tert-OH is 4. The Kier molecular flexibility index (Phi) is 28.5. The first-order valence-corrected chi connectivity index (χ1v) is 45.6. The van der Waals surface area contributed by atoms with Gasteiger partial charge in [-0.3, -0.25) is 24.2 Å². The van der Waals surface area contributed by atoms with Gasteiger partial charge in [-0.2, -0.15) is 0 Å². The fourth-order valence-corrected chi connectivity index (χ4v) is 17.1. The zero-order valence-corrected chi connectivity index (χ0v) is 77.4. The summed E-state index contributed by atoms with van der Waals surface area (Å²) in [7, 11) is 0. The quantitative estimate of drug-likeness (QED) is 0.0434. The molecule has 0 spiro atoms. The van der Waals surface area contributed by atoms with Crippen LogP contribution in [0.15, 0.2) is 346 Å². The summed E-state index contributed by atoms with van der Waals surface area (Å²) in [4.78, 5) is 56.9. The van der Waals surface area contributed by atoms with Gasteiger partial charge in [-0.25, -0.2) is 17.6 Å². The van der Waals surface area contributed by atoms with Crippen LogP contribution in [0.4, 0.5) is 17.6 Å². The Bertz CT molecular complexity index is 7800. The van der Waals surface area contributed by atoms with Crippen LogP contribution in [0.2, 0.25) is 0 Å². The number of rotatable bonds is 23. The maximum absolute atomic E-state index is 15.3. The third-order valence-electron chi connectivity index (χ3n) is 24.3. The van der Waals surface area contributed by atoms with Crippen LogP contribution in [-0.4, -0.2) is 25.4 Å². The first kappa shape index (κ1) is 94.8. The average Bonchev–Trinajstić information content (AvgIpc) is 0.773. The van der Waals surface area contributed by atoms with Gasteiger partial charge in [-0.15, -0.1) is 0 Å². The molecule has 0 amide bonds. The van der Waals surface area contributed by atoms with Crippen molar-refractivity contribution in [2.75, 3.05) is 0 Å². The van der Waals surface area contributed by atoms with Crippen LogP contribution in [-0.2, 0) is 46.2 Å². The van der Waals surface area contributed by atoms with Gasteiger partial charge in [0.05, 0.1) is 53.5 Å². The number of aromatic nitrogens is 1. The van der Waals surface area contributed by atoms with Gasteiger partial charge in [0.25, 0.3) is 0 Å². The minimum atomic E-state index is -0.592. The Balaban J connectivity index is 0.000000128. The van der Waals surface area contributed by atoms with Crippen molar-refractivity contribution in [3.8, 4) is 73.3 Å². The lowest BCUT2D eigenvalue weighted by atomic mass is 9.97. The Labute approximate surface area is 796 Å². The predicted molar refractivity (Wildman–Crippen MR) is 538 cm³/mol. The van der Waals surface area contributed by atoms with E-state index in [4.69, 9.17) is 36.6 Å². The molecule has 17 nitrogen and oxygen atoms in total. The van der Waals surface area contributed by atoms with Crippen LogP contribution in [0.3, 0.4) is 0 Å². The number of ether oxygens (including phenoxy) is 4. The molecule has 0 fully saturated rings. The fraction of sp³-hybridized carbons (Fsp3) is 0.161. The van der Waals surface area contributed by atoms with E-state index in [9.17, 15) is 44.0 Å². The number of halogens is 4. The number of pyridine rings is 1. The minimum absolute atomic E-state index is 0.00487. The van der Waals surface area contributed by atoms with E-state index in [0.717, 1.165) is 59.9 Å². The minimum Gasteiger partial charge on any atom is -0.489 e. The zero-order valence-electron chi connectivity index (χ0n) is 77.4. The molecule has 0 unspecified atom stereocenters. The van der Waals surface area contributed by atoms with Gasteiger partial charge in [-0.05, 0) is 109 Å². The second-order valence-corrected chi connectivity index (χ2v) is 35.0. The van der Waals surface area contributed by atoms with Crippen LogP contribution in [0.1, 0.15) is 141 Å². The van der Waals surface area contributed by atoms with E-state index in [-0.39, 0.29) is 112 Å². The second-order valence-electron chi connectivity index (χ2n) is 35.0. The van der Waals surface area contributed by atoms with Gasteiger partial charge in [0.2, 0.25) is 0 Å². The van der Waals surface area contributed by atoms with E-state index in [1.807, 2.05) is 207 Å². The highest BCUT2D eigenvalue weighted by Crippen LogP contribution is 2.43. The molecular weight excluding hydrogens is 1760 g/mol. The van der Waals surface area contributed by atoms with Crippen molar-refractivity contribution in [3.05, 3.63) is 436 Å². The van der Waals surface area contributed by atoms with Crippen molar-refractivity contribution < 1.29 is 74.6 Å². The van der Waals surface area contributed by atoms with E-state index < -0.39 is 43.1 Å². The van der Waals surface area contributed by atoms with Crippen molar-refractivity contribution in [3.63, 3.8) is 0 Å². The summed E-state index contributed by atoms with van der Waals surface area (Å²) in [6.45, 7) is 14.8. The molecule has 698 valence electrons. The molecule has 0 saturated heterocycles. The van der Waals surface area contributed by atoms with Gasteiger partial charge in [0.1, 0.15) is 117 Å². The first-order chi connectivity index (χ1) is 67.3. The number of nitrogens with zero attached hydrogens (tertiary/aromatic N) is 1. The Hall–Kier alpha value is -15.9. The smallest absolute Gasteiger partial charge is 0.193 e. The van der Waals surface area contributed by atoms with E-state index in [1.54, 1.807) is 103 Å². The van der Waals surface area contributed by atoms with Gasteiger partial charge in [-0.1, -0.05) is 256 Å². The molecule has 0 bridgehead atoms. The topological polar surface area (TPSA) is 252 Å². The first-order valence-electron chi connectivity index (χ1n) is 45.6. The van der Waals surface area contributed by atoms with Crippen LogP contribution in [0.5, 0.6) is 28.7 Å². The standard InChI is InChI=1S/3C30H25FO4.C28H22FNO4/c2*1-18(2)27-15-26(33)29-25(24-12-6-9-20(16-32)30(24)31)13-22(14-28(29)35-27)34-17-21-10-5-8-19-7-3-4-11-23(19)21;1-18(2)28-15-27(33)30-25(24-12-19(16-32)10-11-26(24)31)13-22(14-29(30)35-28)34-17-21-8-5-7-20-6-3-4-9-23(20)21;1-16(2)25-14-23(32)27-21(19-8-5-6-17(15-31)28(19)29)12-18(13-26(27)34-25)33-24-10-11-30-22-9-4-3-7-20(22)24/h3*3-15,18,32H,16-17H2,1-2H3;3-14,16,31H,15H2,1-2H3. The number of aliphatic hydroxyl groups is 4. The maximum Gasteiger partial charge on any atom is 0.193 e. The van der Waals surface area contributed by atoms with E-state index in [0.29, 0.717) is 122 Å². The van der Waals surface area contributed by atoms with E-state index >= 15 is 13.2 Å². The molecule has 0 radical (unpaired) electrons. The van der Waals surface area contributed by atoms with Gasteiger partial charge in [0, 0.05) is 145 Å². The summed E-state index contributed by atoms with van der Waals surface area (Å²) in [5.74, 6) is 2.26. The summed E-state index contributed by atoms with van der Waals surface area (Å²) in [5, 5.41) is 46.8. The SMILES string of the molecule is CC(C)c1cc(=O)c2c(-c3cc(CO)ccc3F)cc(OCc3cccc4ccccc34)cc2o1.CC(C)c1cc(=O)c2c(-c3cccc(CO)c3F)cc(OCc3cccc4ccccc34)cc2o1.CC(C)c1cc(=O)c2c(-c3cccc(CO)c3F)cc(OCc3cccc4ccccc34)cc2o1.CC(C)c1cc(=O)c2c(-c3cccc(CO)c3F)cc(Oc3ccnc4ccccc34)cc2o1. The molecule has 20 aromatic rings. The van der Waals surface area contributed by atoms with E-state index in [2.05, 4.69) is 4.98 Å². The molecule has 0 aliphatic rings. The van der Waals surface area contributed by atoms with Gasteiger partial charge >= 0.3 is 0 Å². The average molecular weight is 1860 g/mol. The highest BCUT2D eigenvalue weighted by atomic mass is 19.1. The van der Waals surface area contributed by atoms with Crippen LogP contribution < -0.4 is 40.7 Å². The van der Waals surface area contributed by atoms with Gasteiger partial charge < -0.3 is 57.0 Å². The Morgan fingerprint density at radius 2 is 0.590 bits per heavy atom. The number of benzene rings is 15. The summed E-state index contributed by atoms with van der Waals surface area (Å²) in [6.07, 6.45) is 1.65. The highest BCUT2D eigenvalue weighted by Gasteiger charge is 2.26. The van der Waals surface area contributed by atoms with Crippen LogP contribution in [0.25, 0.3) is 132 Å². The second kappa shape index (κ2) is 41.7. The fourth-order valence-electron chi connectivity index (χ4n) is 17.1. The van der Waals surface area contributed by atoms with Crippen molar-refractivity contribution >= 4 is 87.1 Å². The summed E-state index contributed by atoms with van der Waals surface area (Å²) >= 11 is 0. The molecule has 0 aliphatic heterocycles. The lowest BCUT2D eigenvalue weighted by molar-refractivity contribution is 0.275. The molecule has 0 atom stereocenters. The molecule has 21 heteroatoms. The lowest BCUT2D eigenvalue weighted by Gasteiger charge is -2.15. The lowest BCUT2D eigenvalue weighted by Crippen LogP contribution is -2.06. The highest BCUT2D eigenvalue weighted by molar-refractivity contribution is 6.00. The summed E-state index contributed by atoms with van der Waals surface area (Å²) < 4.78 is 110. The largest absolute Gasteiger partial charge is 0.489 e. The molecule has 5 aromatic heterocycles. The van der Waals surface area contributed by atoms with E-state index in [1.165, 1.54) is 54.6 Å². The third kappa shape index (κ3) is 20.4. The Morgan fingerprint density at radius 3 is 0.935 bits per heavy atom. The molecule has 15 aromatic carbocycles.